The fourth-order valence-corrected chi connectivity index (χ4v) is 1.48. The van der Waals surface area contributed by atoms with E-state index in [9.17, 15) is 22.8 Å². The van der Waals surface area contributed by atoms with Gasteiger partial charge >= 0.3 is 6.18 Å². The number of rotatable bonds is 6. The summed E-state index contributed by atoms with van der Waals surface area (Å²) in [6.45, 7) is 3.52. The van der Waals surface area contributed by atoms with Gasteiger partial charge in [-0.1, -0.05) is 13.8 Å². The van der Waals surface area contributed by atoms with E-state index in [1.807, 2.05) is 0 Å². The Bertz CT molecular complexity index is 292. The Morgan fingerprint density at radius 3 is 2.12 bits per heavy atom. The van der Waals surface area contributed by atoms with Gasteiger partial charge in [-0.3, -0.25) is 4.79 Å². The lowest BCUT2D eigenvalue weighted by Gasteiger charge is -2.26. The highest BCUT2D eigenvalue weighted by molar-refractivity contribution is 6.05. The summed E-state index contributed by atoms with van der Waals surface area (Å²) in [5, 5.41) is 0. The van der Waals surface area contributed by atoms with Gasteiger partial charge in [0.2, 0.25) is 0 Å². The monoisotopic (exact) mass is 254 g/mol. The third kappa shape index (κ3) is 5.27. The molecular formula is C10H17F3N2O2. The first-order valence-corrected chi connectivity index (χ1v) is 5.13. The molecular weight excluding hydrogens is 237 g/mol. The molecule has 0 radical (unpaired) electrons. The summed E-state index contributed by atoms with van der Waals surface area (Å²) in [6, 6.07) is -1.16. The largest absolute Gasteiger partial charge is 0.391 e. The normalized spacial score (nSPS) is 17.6. The number of halogens is 3. The van der Waals surface area contributed by atoms with Gasteiger partial charge in [-0.15, -0.1) is 0 Å². The summed E-state index contributed by atoms with van der Waals surface area (Å²) < 4.78 is 36.6. The molecule has 17 heavy (non-hydrogen) atoms. The van der Waals surface area contributed by atoms with E-state index in [1.165, 1.54) is 0 Å². The molecule has 0 amide bonds. The van der Waals surface area contributed by atoms with E-state index < -0.39 is 30.0 Å². The summed E-state index contributed by atoms with van der Waals surface area (Å²) in [6.07, 6.45) is -6.37. The molecule has 0 aromatic carbocycles. The molecule has 0 aliphatic rings. The van der Waals surface area contributed by atoms with Gasteiger partial charge in [-0.05, 0) is 12.3 Å². The molecule has 4 N–H and O–H groups in total. The molecule has 0 aliphatic carbocycles. The van der Waals surface area contributed by atoms with Crippen LogP contribution in [0.2, 0.25) is 0 Å². The summed E-state index contributed by atoms with van der Waals surface area (Å²) in [5.74, 6) is -1.05. The van der Waals surface area contributed by atoms with Crippen LogP contribution in [0.5, 0.6) is 0 Å². The van der Waals surface area contributed by atoms with E-state index in [4.69, 9.17) is 11.5 Å². The van der Waals surface area contributed by atoms with E-state index in [0.29, 0.717) is 0 Å². The number of ketones is 1. The van der Waals surface area contributed by atoms with Crippen LogP contribution >= 0.6 is 0 Å². The minimum atomic E-state index is -4.69. The lowest BCUT2D eigenvalue weighted by Crippen LogP contribution is -2.58. The number of hydrogen-bond acceptors (Lipinski definition) is 4. The molecule has 0 aromatic heterocycles. The number of nitrogens with two attached hydrogens (primary N) is 2. The lowest BCUT2D eigenvalue weighted by molar-refractivity contribution is -0.159. The van der Waals surface area contributed by atoms with Crippen molar-refractivity contribution in [2.45, 2.75) is 44.4 Å². The van der Waals surface area contributed by atoms with Crippen LogP contribution in [0, 0.1) is 5.92 Å². The summed E-state index contributed by atoms with van der Waals surface area (Å²) in [4.78, 5) is 22.3. The Hall–Kier alpha value is -0.950. The average Bonchev–Trinajstić information content (AvgIpc) is 2.12. The van der Waals surface area contributed by atoms with Crippen molar-refractivity contribution in [2.75, 3.05) is 0 Å². The van der Waals surface area contributed by atoms with Crippen LogP contribution < -0.4 is 11.5 Å². The standard InChI is InChI=1S/C10H17F3N2O2/c1-6(2)3-7(14)8(17)9(15,5-16)4-10(11,12)13/h5-7H,3-4,14-15H2,1-2H3/t7-,9?/m0/s1. The van der Waals surface area contributed by atoms with Crippen LogP contribution in [0.4, 0.5) is 13.2 Å². The first-order valence-electron chi connectivity index (χ1n) is 5.13. The van der Waals surface area contributed by atoms with Crippen molar-refractivity contribution in [3.63, 3.8) is 0 Å². The van der Waals surface area contributed by atoms with Gasteiger partial charge in [-0.2, -0.15) is 13.2 Å². The molecule has 0 aliphatic heterocycles. The third-order valence-electron chi connectivity index (χ3n) is 2.22. The van der Waals surface area contributed by atoms with Crippen molar-refractivity contribution in [2.24, 2.45) is 17.4 Å². The SMILES string of the molecule is CC(C)C[C@H](N)C(=O)C(N)(C=O)CC(F)(F)F. The molecule has 0 spiro atoms. The van der Waals surface area contributed by atoms with Gasteiger partial charge in [0, 0.05) is 0 Å². The predicted molar refractivity (Wildman–Crippen MR) is 56.1 cm³/mol. The molecule has 1 unspecified atom stereocenters. The average molecular weight is 254 g/mol. The maximum absolute atomic E-state index is 12.2. The second kappa shape index (κ2) is 5.59. The topological polar surface area (TPSA) is 86.2 Å². The molecule has 0 saturated carbocycles. The number of carbonyl (C=O) groups is 2. The van der Waals surface area contributed by atoms with Crippen LogP contribution in [0.25, 0.3) is 0 Å². The van der Waals surface area contributed by atoms with Crippen LogP contribution in [-0.4, -0.2) is 29.8 Å². The molecule has 0 rings (SSSR count). The van der Waals surface area contributed by atoms with Gasteiger partial charge in [0.05, 0.1) is 12.5 Å². The Labute approximate surface area is 97.5 Å². The molecule has 0 heterocycles. The van der Waals surface area contributed by atoms with Crippen molar-refractivity contribution < 1.29 is 22.8 Å². The third-order valence-corrected chi connectivity index (χ3v) is 2.22. The van der Waals surface area contributed by atoms with Crippen molar-refractivity contribution in [3.05, 3.63) is 0 Å². The Morgan fingerprint density at radius 2 is 1.82 bits per heavy atom. The molecule has 4 nitrogen and oxygen atoms in total. The van der Waals surface area contributed by atoms with E-state index in [2.05, 4.69) is 0 Å². The quantitative estimate of drug-likeness (QED) is 0.541. The van der Waals surface area contributed by atoms with E-state index in [-0.39, 0.29) is 18.6 Å². The predicted octanol–water partition coefficient (Wildman–Crippen LogP) is 0.778. The molecule has 0 bridgehead atoms. The molecule has 2 atom stereocenters. The van der Waals surface area contributed by atoms with Gasteiger partial charge in [0.15, 0.2) is 5.78 Å². The fraction of sp³-hybridized carbons (Fsp3) is 0.800. The van der Waals surface area contributed by atoms with E-state index in [1.54, 1.807) is 13.8 Å². The highest BCUT2D eigenvalue weighted by Gasteiger charge is 2.46. The zero-order chi connectivity index (χ0) is 13.9. The van der Waals surface area contributed by atoms with Crippen molar-refractivity contribution in [1.29, 1.82) is 0 Å². The van der Waals surface area contributed by atoms with Crippen LogP contribution in [-0.2, 0) is 9.59 Å². The fourth-order valence-electron chi connectivity index (χ4n) is 1.48. The minimum Gasteiger partial charge on any atom is -0.321 e. The zero-order valence-corrected chi connectivity index (χ0v) is 9.75. The maximum atomic E-state index is 12.2. The maximum Gasteiger partial charge on any atom is 0.391 e. The Kier molecular flexibility index (Phi) is 5.28. The highest BCUT2D eigenvalue weighted by atomic mass is 19.4. The van der Waals surface area contributed by atoms with E-state index in [0.717, 1.165) is 0 Å². The van der Waals surface area contributed by atoms with Crippen molar-refractivity contribution in [3.8, 4) is 0 Å². The van der Waals surface area contributed by atoms with Gasteiger partial charge in [-0.25, -0.2) is 0 Å². The summed E-state index contributed by atoms with van der Waals surface area (Å²) in [7, 11) is 0. The van der Waals surface area contributed by atoms with E-state index >= 15 is 0 Å². The van der Waals surface area contributed by atoms with Crippen LogP contribution in [0.1, 0.15) is 26.7 Å². The lowest BCUT2D eigenvalue weighted by atomic mass is 9.85. The van der Waals surface area contributed by atoms with Gasteiger partial charge in [0.25, 0.3) is 0 Å². The summed E-state index contributed by atoms with van der Waals surface area (Å²) >= 11 is 0. The Morgan fingerprint density at radius 1 is 1.35 bits per heavy atom. The zero-order valence-electron chi connectivity index (χ0n) is 9.75. The van der Waals surface area contributed by atoms with Crippen LogP contribution in [0.3, 0.4) is 0 Å². The van der Waals surface area contributed by atoms with Gasteiger partial charge in [0.1, 0.15) is 11.8 Å². The molecule has 0 aromatic rings. The molecule has 100 valence electrons. The first kappa shape index (κ1) is 16.1. The Balaban J connectivity index is 4.86. The minimum absolute atomic E-state index is 0.0238. The smallest absolute Gasteiger partial charge is 0.321 e. The second-order valence-electron chi connectivity index (χ2n) is 4.55. The second-order valence-corrected chi connectivity index (χ2v) is 4.55. The number of alkyl halides is 3. The van der Waals surface area contributed by atoms with Gasteiger partial charge < -0.3 is 16.3 Å². The molecule has 0 fully saturated rings. The van der Waals surface area contributed by atoms with Crippen LogP contribution in [0.15, 0.2) is 0 Å². The molecule has 0 saturated heterocycles. The number of hydrogen-bond donors (Lipinski definition) is 2. The van der Waals surface area contributed by atoms with Crippen molar-refractivity contribution in [1.82, 2.24) is 0 Å². The summed E-state index contributed by atoms with van der Waals surface area (Å²) in [5.41, 5.74) is 8.05. The van der Waals surface area contributed by atoms with Crippen molar-refractivity contribution >= 4 is 12.1 Å². The number of Topliss-reactive ketones (excluding diaryl/α,β-unsaturated/α-hetero) is 1. The highest BCUT2D eigenvalue weighted by Crippen LogP contribution is 2.26. The molecule has 7 heteroatoms. The first-order chi connectivity index (χ1) is 7.52. The number of carbonyl (C=O) groups excluding carboxylic acids is 2. The number of aldehydes is 1.